The van der Waals surface area contributed by atoms with Gasteiger partial charge in [-0.3, -0.25) is 4.79 Å². The van der Waals surface area contributed by atoms with Crippen molar-refractivity contribution in [3.8, 4) is 10.6 Å². The first-order chi connectivity index (χ1) is 14.9. The van der Waals surface area contributed by atoms with Gasteiger partial charge >= 0.3 is 5.97 Å². The Labute approximate surface area is 185 Å². The number of thiazole rings is 1. The summed E-state index contributed by atoms with van der Waals surface area (Å²) in [4.78, 5) is 18.1. The van der Waals surface area contributed by atoms with E-state index in [1.54, 1.807) is 37.3 Å². The van der Waals surface area contributed by atoms with E-state index in [9.17, 15) is 14.1 Å². The van der Waals surface area contributed by atoms with Gasteiger partial charge in [-0.2, -0.15) is 0 Å². The molecule has 0 saturated carbocycles. The van der Waals surface area contributed by atoms with Gasteiger partial charge in [0.15, 0.2) is 0 Å². The quantitative estimate of drug-likeness (QED) is 0.431. The Morgan fingerprint density at radius 3 is 2.74 bits per heavy atom. The van der Waals surface area contributed by atoms with Crippen LogP contribution in [0.5, 0.6) is 0 Å². The zero-order valence-corrected chi connectivity index (χ0v) is 18.8. The molecule has 5 rings (SSSR count). The maximum atomic E-state index is 12.7. The van der Waals surface area contributed by atoms with Crippen LogP contribution < -0.4 is 4.72 Å². The summed E-state index contributed by atoms with van der Waals surface area (Å²) >= 11 is 1.77. The highest BCUT2D eigenvalue weighted by molar-refractivity contribution is 7.83. The van der Waals surface area contributed by atoms with Gasteiger partial charge in [-0.15, -0.1) is 11.3 Å². The molecule has 31 heavy (non-hydrogen) atoms. The van der Waals surface area contributed by atoms with Crippen LogP contribution in [0.3, 0.4) is 0 Å². The van der Waals surface area contributed by atoms with Gasteiger partial charge in [-0.25, -0.2) is 13.9 Å². The fourth-order valence-corrected chi connectivity index (χ4v) is 6.27. The Hall–Kier alpha value is -2.55. The predicted molar refractivity (Wildman–Crippen MR) is 123 cm³/mol. The van der Waals surface area contributed by atoms with Crippen LogP contribution in [0.2, 0.25) is 0 Å². The second-order valence-corrected chi connectivity index (χ2v) is 10.5. The first kappa shape index (κ1) is 20.4. The summed E-state index contributed by atoms with van der Waals surface area (Å²) in [7, 11) is -1.66. The van der Waals surface area contributed by atoms with Crippen molar-refractivity contribution in [3.63, 3.8) is 0 Å². The molecule has 1 aliphatic rings. The molecule has 4 aromatic rings. The van der Waals surface area contributed by atoms with E-state index in [-0.39, 0.29) is 5.92 Å². The smallest absolute Gasteiger partial charge is 0.321 e. The first-order valence-electron chi connectivity index (χ1n) is 10.3. The second kappa shape index (κ2) is 7.85. The van der Waals surface area contributed by atoms with Gasteiger partial charge in [0.1, 0.15) is 33.2 Å². The van der Waals surface area contributed by atoms with Crippen molar-refractivity contribution in [2.45, 2.75) is 44.0 Å². The molecule has 2 unspecified atom stereocenters. The number of aryl methyl sites for hydroxylation is 2. The monoisotopic (exact) mass is 454 g/mol. The highest BCUT2D eigenvalue weighted by atomic mass is 32.2. The molecule has 8 heteroatoms. The maximum Gasteiger partial charge on any atom is 0.321 e. The molecule has 1 aliphatic carbocycles. The van der Waals surface area contributed by atoms with Crippen LogP contribution in [0.15, 0.2) is 45.7 Å². The normalized spacial score (nSPS) is 15.6. The summed E-state index contributed by atoms with van der Waals surface area (Å²) in [6, 6.07) is 10.5. The number of aliphatic carboxylic acids is 1. The van der Waals surface area contributed by atoms with E-state index in [1.165, 1.54) is 17.0 Å². The highest BCUT2D eigenvalue weighted by Gasteiger charge is 2.24. The Morgan fingerprint density at radius 2 is 2.00 bits per heavy atom. The number of carbonyl (C=O) groups is 1. The molecule has 2 aromatic carbocycles. The van der Waals surface area contributed by atoms with E-state index in [4.69, 9.17) is 9.40 Å². The molecule has 2 aromatic heterocycles. The van der Waals surface area contributed by atoms with Crippen molar-refractivity contribution in [1.29, 1.82) is 0 Å². The standard InChI is InChI=1S/C23H22N2O4S2/c1-12(2)21(23(26)27)25-31(28)14-7-8-15-16-10-13(6-9-18(16)29-19(15)11-14)22-24-17-4-3-5-20(17)30-22/h6-12,21,25H,3-5H2,1-2H3,(H,26,27). The molecule has 2 heterocycles. The van der Waals surface area contributed by atoms with Crippen molar-refractivity contribution in [2.75, 3.05) is 0 Å². The molecule has 0 radical (unpaired) electrons. The number of hydrogen-bond acceptors (Lipinski definition) is 5. The number of hydrogen-bond donors (Lipinski definition) is 2. The Morgan fingerprint density at radius 1 is 1.16 bits per heavy atom. The van der Waals surface area contributed by atoms with Crippen LogP contribution in [0.1, 0.15) is 30.8 Å². The van der Waals surface area contributed by atoms with Gasteiger partial charge in [0.2, 0.25) is 0 Å². The topological polar surface area (TPSA) is 92.4 Å². The SMILES string of the molecule is CC(C)C(NS(=O)c1ccc2c(c1)oc1ccc(-c3nc4c(s3)CCC4)cc12)C(=O)O. The number of furan rings is 1. The Kier molecular flexibility index (Phi) is 5.16. The number of benzene rings is 2. The third-order valence-electron chi connectivity index (χ3n) is 5.67. The number of nitrogens with one attached hydrogen (secondary N) is 1. The summed E-state index contributed by atoms with van der Waals surface area (Å²) in [5.41, 5.74) is 3.69. The van der Waals surface area contributed by atoms with Crippen LogP contribution in [0.4, 0.5) is 0 Å². The van der Waals surface area contributed by atoms with Crippen molar-refractivity contribution in [2.24, 2.45) is 5.92 Å². The second-order valence-electron chi connectivity index (χ2n) is 8.16. The molecule has 0 bridgehead atoms. The molecule has 2 N–H and O–H groups in total. The van der Waals surface area contributed by atoms with Crippen LogP contribution in [0, 0.1) is 5.92 Å². The van der Waals surface area contributed by atoms with Crippen LogP contribution in [0.25, 0.3) is 32.5 Å². The van der Waals surface area contributed by atoms with E-state index in [1.807, 2.05) is 18.2 Å². The van der Waals surface area contributed by atoms with Gasteiger partial charge in [-0.1, -0.05) is 13.8 Å². The third-order valence-corrected chi connectivity index (χ3v) is 8.02. The minimum atomic E-state index is -1.66. The van der Waals surface area contributed by atoms with Crippen molar-refractivity contribution in [3.05, 3.63) is 47.0 Å². The zero-order valence-electron chi connectivity index (χ0n) is 17.2. The average molecular weight is 455 g/mol. The fourth-order valence-electron chi connectivity index (χ4n) is 3.97. The molecule has 6 nitrogen and oxygen atoms in total. The number of aromatic nitrogens is 1. The van der Waals surface area contributed by atoms with Gasteiger partial charge in [0.05, 0.1) is 10.6 Å². The van der Waals surface area contributed by atoms with Crippen molar-refractivity contribution in [1.82, 2.24) is 9.71 Å². The molecule has 0 amide bonds. The van der Waals surface area contributed by atoms with E-state index in [0.29, 0.717) is 10.5 Å². The zero-order chi connectivity index (χ0) is 21.7. The number of fused-ring (bicyclic) bond motifs is 4. The maximum absolute atomic E-state index is 12.7. The minimum absolute atomic E-state index is 0.193. The van der Waals surface area contributed by atoms with Crippen molar-refractivity contribution >= 4 is 50.2 Å². The van der Waals surface area contributed by atoms with Crippen LogP contribution >= 0.6 is 11.3 Å². The van der Waals surface area contributed by atoms with Gasteiger partial charge in [0, 0.05) is 21.2 Å². The molecular weight excluding hydrogens is 432 g/mol. The average Bonchev–Trinajstić information content (AvgIpc) is 3.43. The van der Waals surface area contributed by atoms with E-state index in [0.717, 1.165) is 39.8 Å². The fraction of sp³-hybridized carbons (Fsp3) is 0.304. The van der Waals surface area contributed by atoms with Gasteiger partial charge in [0.25, 0.3) is 0 Å². The lowest BCUT2D eigenvalue weighted by atomic mass is 10.1. The van der Waals surface area contributed by atoms with Crippen LogP contribution in [-0.4, -0.2) is 26.3 Å². The largest absolute Gasteiger partial charge is 0.480 e. The molecule has 0 aliphatic heterocycles. The summed E-state index contributed by atoms with van der Waals surface area (Å²) in [6.45, 7) is 3.56. The van der Waals surface area contributed by atoms with E-state index >= 15 is 0 Å². The minimum Gasteiger partial charge on any atom is -0.480 e. The van der Waals surface area contributed by atoms with Crippen LogP contribution in [-0.2, 0) is 28.6 Å². The Balaban J connectivity index is 1.49. The van der Waals surface area contributed by atoms with Crippen molar-refractivity contribution < 1.29 is 18.5 Å². The lowest BCUT2D eigenvalue weighted by Crippen LogP contribution is -2.41. The highest BCUT2D eigenvalue weighted by Crippen LogP contribution is 2.37. The molecule has 160 valence electrons. The van der Waals surface area contributed by atoms with Gasteiger partial charge < -0.3 is 9.52 Å². The number of carboxylic acids is 1. The first-order valence-corrected chi connectivity index (χ1v) is 12.2. The predicted octanol–water partition coefficient (Wildman–Crippen LogP) is 4.92. The van der Waals surface area contributed by atoms with E-state index in [2.05, 4.69) is 10.8 Å². The van der Waals surface area contributed by atoms with Gasteiger partial charge in [-0.05, 0) is 61.6 Å². The summed E-state index contributed by atoms with van der Waals surface area (Å²) < 4.78 is 21.4. The lowest BCUT2D eigenvalue weighted by molar-refractivity contribution is -0.140. The summed E-state index contributed by atoms with van der Waals surface area (Å²) in [5.74, 6) is -1.21. The number of carboxylic acid groups (broad SMARTS) is 1. The molecule has 0 fully saturated rings. The molecule has 2 atom stereocenters. The lowest BCUT2D eigenvalue weighted by Gasteiger charge is -2.17. The summed E-state index contributed by atoms with van der Waals surface area (Å²) in [6.07, 6.45) is 3.39. The van der Waals surface area contributed by atoms with E-state index < -0.39 is 23.0 Å². The Bertz CT molecular complexity index is 1320. The third kappa shape index (κ3) is 3.69. The molecular formula is C23H22N2O4S2. The number of rotatable bonds is 6. The molecule has 0 saturated heterocycles. The summed E-state index contributed by atoms with van der Waals surface area (Å²) in [5, 5.41) is 12.3. The molecule has 0 spiro atoms. The number of nitrogens with zero attached hydrogens (tertiary/aromatic N) is 1.